The minimum absolute atomic E-state index is 0.452. The van der Waals surface area contributed by atoms with E-state index in [1.54, 1.807) is 36.0 Å². The van der Waals surface area contributed by atoms with Crippen LogP contribution < -0.4 is 10.5 Å². The van der Waals surface area contributed by atoms with Crippen molar-refractivity contribution in [1.82, 2.24) is 0 Å². The van der Waals surface area contributed by atoms with Crippen LogP contribution in [0.4, 0.5) is 5.69 Å². The van der Waals surface area contributed by atoms with Crippen molar-refractivity contribution in [3.8, 4) is 17.6 Å². The summed E-state index contributed by atoms with van der Waals surface area (Å²) in [7, 11) is 0. The SMILES string of the molecule is CCSc1cccc(Oc2cc(Cl)ccc2N)c1C#N. The van der Waals surface area contributed by atoms with Gasteiger partial charge in [-0.2, -0.15) is 5.26 Å². The number of nitriles is 1. The van der Waals surface area contributed by atoms with Crippen LogP contribution >= 0.6 is 23.4 Å². The molecule has 0 saturated heterocycles. The monoisotopic (exact) mass is 304 g/mol. The highest BCUT2D eigenvalue weighted by atomic mass is 35.5. The molecule has 0 radical (unpaired) electrons. The zero-order valence-corrected chi connectivity index (χ0v) is 12.5. The number of halogens is 1. The van der Waals surface area contributed by atoms with E-state index in [1.807, 2.05) is 19.1 Å². The minimum atomic E-state index is 0.452. The van der Waals surface area contributed by atoms with Gasteiger partial charge in [0.2, 0.25) is 0 Å². The van der Waals surface area contributed by atoms with Gasteiger partial charge < -0.3 is 10.5 Å². The van der Waals surface area contributed by atoms with Crippen LogP contribution in [0, 0.1) is 11.3 Å². The third-order valence-electron chi connectivity index (χ3n) is 2.60. The summed E-state index contributed by atoms with van der Waals surface area (Å²) in [5.41, 5.74) is 6.85. The molecule has 5 heteroatoms. The number of nitrogens with zero attached hydrogens (tertiary/aromatic N) is 1. The molecule has 0 heterocycles. The molecule has 0 bridgehead atoms. The molecule has 0 saturated carbocycles. The molecule has 20 heavy (non-hydrogen) atoms. The second-order valence-electron chi connectivity index (χ2n) is 3.96. The summed E-state index contributed by atoms with van der Waals surface area (Å²) in [6, 6.07) is 12.7. The number of hydrogen-bond donors (Lipinski definition) is 1. The van der Waals surface area contributed by atoms with Crippen molar-refractivity contribution in [2.24, 2.45) is 0 Å². The number of hydrogen-bond acceptors (Lipinski definition) is 4. The smallest absolute Gasteiger partial charge is 0.151 e. The molecule has 2 aromatic carbocycles. The van der Waals surface area contributed by atoms with Crippen LogP contribution in [0.25, 0.3) is 0 Å². The predicted molar refractivity (Wildman–Crippen MR) is 83.5 cm³/mol. The van der Waals surface area contributed by atoms with E-state index in [1.165, 1.54) is 0 Å². The molecule has 2 rings (SSSR count). The molecule has 0 aliphatic rings. The Balaban J connectivity index is 2.41. The summed E-state index contributed by atoms with van der Waals surface area (Å²) in [6.45, 7) is 2.04. The van der Waals surface area contributed by atoms with Crippen LogP contribution in [-0.4, -0.2) is 5.75 Å². The molecule has 0 amide bonds. The lowest BCUT2D eigenvalue weighted by Gasteiger charge is -2.12. The zero-order chi connectivity index (χ0) is 14.5. The Morgan fingerprint density at radius 1 is 1.30 bits per heavy atom. The van der Waals surface area contributed by atoms with E-state index in [2.05, 4.69) is 6.07 Å². The Morgan fingerprint density at radius 3 is 2.80 bits per heavy atom. The van der Waals surface area contributed by atoms with E-state index in [4.69, 9.17) is 22.1 Å². The Kier molecular flexibility index (Phi) is 4.78. The molecule has 0 aromatic heterocycles. The molecule has 0 aliphatic heterocycles. The van der Waals surface area contributed by atoms with Gasteiger partial charge in [-0.15, -0.1) is 11.8 Å². The summed E-state index contributed by atoms with van der Waals surface area (Å²) in [5.74, 6) is 1.82. The van der Waals surface area contributed by atoms with Crippen LogP contribution in [0.2, 0.25) is 5.02 Å². The number of ether oxygens (including phenoxy) is 1. The third kappa shape index (κ3) is 3.19. The number of nitrogen functional groups attached to an aromatic ring is 1. The van der Waals surface area contributed by atoms with E-state index in [-0.39, 0.29) is 0 Å². The first kappa shape index (κ1) is 14.6. The molecule has 2 N–H and O–H groups in total. The fourth-order valence-electron chi connectivity index (χ4n) is 1.70. The largest absolute Gasteiger partial charge is 0.454 e. The maximum Gasteiger partial charge on any atom is 0.151 e. The number of rotatable bonds is 4. The molecular formula is C15H13ClN2OS. The lowest BCUT2D eigenvalue weighted by Crippen LogP contribution is -1.95. The van der Waals surface area contributed by atoms with Crippen LogP contribution in [-0.2, 0) is 0 Å². The van der Waals surface area contributed by atoms with E-state index in [0.717, 1.165) is 10.6 Å². The molecule has 0 atom stereocenters. The third-order valence-corrected chi connectivity index (χ3v) is 3.77. The Labute approximate surface area is 127 Å². The van der Waals surface area contributed by atoms with Crippen LogP contribution in [0.15, 0.2) is 41.3 Å². The van der Waals surface area contributed by atoms with Gasteiger partial charge in [-0.05, 0) is 30.0 Å². The molecule has 0 spiro atoms. The normalized spacial score (nSPS) is 10.1. The van der Waals surface area contributed by atoms with Crippen LogP contribution in [0.3, 0.4) is 0 Å². The fraction of sp³-hybridized carbons (Fsp3) is 0.133. The number of nitrogens with two attached hydrogens (primary N) is 1. The van der Waals surface area contributed by atoms with Gasteiger partial charge in [0.05, 0.1) is 5.69 Å². The van der Waals surface area contributed by atoms with E-state index >= 15 is 0 Å². The second-order valence-corrected chi connectivity index (χ2v) is 5.70. The maximum absolute atomic E-state index is 9.33. The predicted octanol–water partition coefficient (Wildman–Crippen LogP) is 4.70. The van der Waals surface area contributed by atoms with Gasteiger partial charge in [0.25, 0.3) is 0 Å². The van der Waals surface area contributed by atoms with Gasteiger partial charge in [0.15, 0.2) is 5.75 Å². The van der Waals surface area contributed by atoms with Gasteiger partial charge >= 0.3 is 0 Å². The maximum atomic E-state index is 9.33. The molecule has 3 nitrogen and oxygen atoms in total. The fourth-order valence-corrected chi connectivity index (χ4v) is 2.64. The Morgan fingerprint density at radius 2 is 2.10 bits per heavy atom. The van der Waals surface area contributed by atoms with Crippen molar-refractivity contribution >= 4 is 29.1 Å². The van der Waals surface area contributed by atoms with Crippen LogP contribution in [0.1, 0.15) is 12.5 Å². The van der Waals surface area contributed by atoms with Crippen molar-refractivity contribution < 1.29 is 4.74 Å². The summed E-state index contributed by atoms with van der Waals surface area (Å²) >= 11 is 7.53. The van der Waals surface area contributed by atoms with Crippen LogP contribution in [0.5, 0.6) is 11.5 Å². The van der Waals surface area contributed by atoms with E-state index < -0.39 is 0 Å². The number of benzene rings is 2. The van der Waals surface area contributed by atoms with Crippen molar-refractivity contribution in [2.45, 2.75) is 11.8 Å². The molecule has 0 aliphatic carbocycles. The molecule has 0 fully saturated rings. The van der Waals surface area contributed by atoms with Crippen molar-refractivity contribution in [3.63, 3.8) is 0 Å². The topological polar surface area (TPSA) is 59.0 Å². The average molecular weight is 305 g/mol. The minimum Gasteiger partial charge on any atom is -0.454 e. The standard InChI is InChI=1S/C15H13ClN2OS/c1-2-20-15-5-3-4-13(11(15)9-17)19-14-8-10(16)6-7-12(14)18/h3-8H,2,18H2,1H3. The molecule has 2 aromatic rings. The Hall–Kier alpha value is -1.83. The first-order valence-corrected chi connectivity index (χ1v) is 7.41. The van der Waals surface area contributed by atoms with Crippen molar-refractivity contribution in [2.75, 3.05) is 11.5 Å². The first-order valence-electron chi connectivity index (χ1n) is 6.04. The average Bonchev–Trinajstić information content (AvgIpc) is 2.43. The number of anilines is 1. The highest BCUT2D eigenvalue weighted by Gasteiger charge is 2.11. The van der Waals surface area contributed by atoms with Crippen molar-refractivity contribution in [1.29, 1.82) is 5.26 Å². The second kappa shape index (κ2) is 6.56. The summed E-state index contributed by atoms with van der Waals surface area (Å²) in [5, 5.41) is 9.86. The van der Waals surface area contributed by atoms with Gasteiger partial charge in [0, 0.05) is 16.0 Å². The highest BCUT2D eigenvalue weighted by molar-refractivity contribution is 7.99. The zero-order valence-electron chi connectivity index (χ0n) is 10.9. The van der Waals surface area contributed by atoms with Gasteiger partial charge in [-0.1, -0.05) is 24.6 Å². The molecule has 102 valence electrons. The van der Waals surface area contributed by atoms with E-state index in [9.17, 15) is 5.26 Å². The number of thioether (sulfide) groups is 1. The summed E-state index contributed by atoms with van der Waals surface area (Å²) in [6.07, 6.45) is 0. The first-order chi connectivity index (χ1) is 9.65. The van der Waals surface area contributed by atoms with E-state index in [0.29, 0.717) is 27.8 Å². The summed E-state index contributed by atoms with van der Waals surface area (Å²) in [4.78, 5) is 0.896. The highest BCUT2D eigenvalue weighted by Crippen LogP contribution is 2.35. The Bertz CT molecular complexity index is 667. The lowest BCUT2D eigenvalue weighted by molar-refractivity contribution is 0.482. The van der Waals surface area contributed by atoms with Crippen molar-refractivity contribution in [3.05, 3.63) is 47.0 Å². The van der Waals surface area contributed by atoms with Gasteiger partial charge in [0.1, 0.15) is 17.4 Å². The quantitative estimate of drug-likeness (QED) is 0.657. The summed E-state index contributed by atoms with van der Waals surface area (Å²) < 4.78 is 5.75. The molecular weight excluding hydrogens is 292 g/mol. The lowest BCUT2D eigenvalue weighted by atomic mass is 10.2. The van der Waals surface area contributed by atoms with Gasteiger partial charge in [-0.25, -0.2) is 0 Å². The molecule has 0 unspecified atom stereocenters. The van der Waals surface area contributed by atoms with Gasteiger partial charge in [-0.3, -0.25) is 0 Å².